The summed E-state index contributed by atoms with van der Waals surface area (Å²) in [6.07, 6.45) is 2.06. The Morgan fingerprint density at radius 2 is 2.12 bits per heavy atom. The van der Waals surface area contributed by atoms with Gasteiger partial charge in [0.15, 0.2) is 0 Å². The molecule has 0 fully saturated rings. The molecule has 0 unspecified atom stereocenters. The minimum atomic E-state index is 0.783. The van der Waals surface area contributed by atoms with Gasteiger partial charge in [0.25, 0.3) is 0 Å². The SMILES string of the molecule is CC(C)=CN(C)CS. The molecule has 0 aromatic carbocycles. The Balaban J connectivity index is 3.51. The third-order valence-electron chi connectivity index (χ3n) is 0.702. The molecule has 0 aromatic heterocycles. The van der Waals surface area contributed by atoms with Crippen molar-refractivity contribution in [1.82, 2.24) is 4.90 Å². The van der Waals surface area contributed by atoms with E-state index in [1.165, 1.54) is 5.57 Å². The van der Waals surface area contributed by atoms with Crippen molar-refractivity contribution < 1.29 is 0 Å². The highest BCUT2D eigenvalue weighted by atomic mass is 32.1. The Morgan fingerprint density at radius 1 is 1.62 bits per heavy atom. The summed E-state index contributed by atoms with van der Waals surface area (Å²) in [7, 11) is 2.00. The molecule has 0 bridgehead atoms. The monoisotopic (exact) mass is 131 g/mol. The molecular weight excluding hydrogens is 118 g/mol. The van der Waals surface area contributed by atoms with Gasteiger partial charge in [-0.2, -0.15) is 12.6 Å². The highest BCUT2D eigenvalue weighted by molar-refractivity contribution is 7.80. The molecule has 0 aromatic rings. The summed E-state index contributed by atoms with van der Waals surface area (Å²) in [4.78, 5) is 2.03. The molecule has 0 atom stereocenters. The quantitative estimate of drug-likeness (QED) is 0.441. The van der Waals surface area contributed by atoms with Crippen molar-refractivity contribution in [2.45, 2.75) is 13.8 Å². The average Bonchev–Trinajstić information content (AvgIpc) is 1.65. The first-order chi connectivity index (χ1) is 3.66. The summed E-state index contributed by atoms with van der Waals surface area (Å²) in [5.74, 6) is 0.783. The van der Waals surface area contributed by atoms with Crippen LogP contribution in [0.25, 0.3) is 0 Å². The summed E-state index contributed by atoms with van der Waals surface area (Å²) >= 11 is 4.07. The summed E-state index contributed by atoms with van der Waals surface area (Å²) in [6.45, 7) is 4.14. The zero-order valence-electron chi connectivity index (χ0n) is 5.68. The van der Waals surface area contributed by atoms with Crippen LogP contribution >= 0.6 is 12.6 Å². The van der Waals surface area contributed by atoms with Crippen molar-refractivity contribution in [2.24, 2.45) is 0 Å². The van der Waals surface area contributed by atoms with Gasteiger partial charge in [-0.15, -0.1) is 0 Å². The summed E-state index contributed by atoms with van der Waals surface area (Å²) in [5, 5.41) is 0. The normalized spacial score (nSPS) is 8.50. The van der Waals surface area contributed by atoms with E-state index in [2.05, 4.69) is 32.7 Å². The van der Waals surface area contributed by atoms with Gasteiger partial charge in [-0.3, -0.25) is 0 Å². The van der Waals surface area contributed by atoms with E-state index < -0.39 is 0 Å². The van der Waals surface area contributed by atoms with Crippen LogP contribution in [0.1, 0.15) is 13.8 Å². The molecule has 0 saturated heterocycles. The van der Waals surface area contributed by atoms with Crippen LogP contribution in [-0.2, 0) is 0 Å². The smallest absolute Gasteiger partial charge is 0.0601 e. The summed E-state index contributed by atoms with van der Waals surface area (Å²) in [6, 6.07) is 0. The highest BCUT2D eigenvalue weighted by Crippen LogP contribution is 1.92. The van der Waals surface area contributed by atoms with Crippen molar-refractivity contribution in [3.8, 4) is 0 Å². The van der Waals surface area contributed by atoms with Crippen LogP contribution in [0.15, 0.2) is 11.8 Å². The molecule has 0 radical (unpaired) electrons. The third kappa shape index (κ3) is 4.06. The second-order valence-corrected chi connectivity index (χ2v) is 2.39. The van der Waals surface area contributed by atoms with Gasteiger partial charge in [0.05, 0.1) is 5.88 Å². The Morgan fingerprint density at radius 3 is 2.25 bits per heavy atom. The maximum atomic E-state index is 4.07. The fourth-order valence-corrected chi connectivity index (χ4v) is 0.563. The highest BCUT2D eigenvalue weighted by Gasteiger charge is 1.82. The molecule has 8 heavy (non-hydrogen) atoms. The van der Waals surface area contributed by atoms with E-state index in [-0.39, 0.29) is 0 Å². The standard InChI is InChI=1S/C6H13NS/c1-6(2)4-7(3)5-8/h4,8H,5H2,1-3H3. The van der Waals surface area contributed by atoms with E-state index in [0.29, 0.717) is 0 Å². The molecule has 0 N–H and O–H groups in total. The second-order valence-electron chi connectivity index (χ2n) is 2.10. The Kier molecular flexibility index (Phi) is 3.79. The van der Waals surface area contributed by atoms with Crippen molar-refractivity contribution in [2.75, 3.05) is 12.9 Å². The fraction of sp³-hybridized carbons (Fsp3) is 0.667. The van der Waals surface area contributed by atoms with Crippen molar-refractivity contribution in [3.63, 3.8) is 0 Å². The molecule has 0 amide bonds. The van der Waals surface area contributed by atoms with Gasteiger partial charge in [-0.05, 0) is 20.0 Å². The van der Waals surface area contributed by atoms with E-state index in [4.69, 9.17) is 0 Å². The number of allylic oxidation sites excluding steroid dienone is 1. The molecule has 0 aliphatic heterocycles. The Labute approximate surface area is 56.8 Å². The van der Waals surface area contributed by atoms with Crippen LogP contribution in [0.4, 0.5) is 0 Å². The third-order valence-corrected chi connectivity index (χ3v) is 1.15. The van der Waals surface area contributed by atoms with Crippen molar-refractivity contribution in [1.29, 1.82) is 0 Å². The van der Waals surface area contributed by atoms with Crippen LogP contribution in [0.3, 0.4) is 0 Å². The zero-order valence-corrected chi connectivity index (χ0v) is 6.57. The van der Waals surface area contributed by atoms with Crippen LogP contribution in [0.5, 0.6) is 0 Å². The molecule has 2 heteroatoms. The lowest BCUT2D eigenvalue weighted by Gasteiger charge is -2.09. The minimum Gasteiger partial charge on any atom is -0.372 e. The predicted molar refractivity (Wildman–Crippen MR) is 41.0 cm³/mol. The number of hydrogen-bond donors (Lipinski definition) is 1. The molecule has 48 valence electrons. The number of rotatable bonds is 2. The lowest BCUT2D eigenvalue weighted by molar-refractivity contribution is 0.538. The predicted octanol–water partition coefficient (Wildman–Crippen LogP) is 1.73. The van der Waals surface area contributed by atoms with E-state index in [9.17, 15) is 0 Å². The molecule has 1 nitrogen and oxygen atoms in total. The van der Waals surface area contributed by atoms with Crippen molar-refractivity contribution in [3.05, 3.63) is 11.8 Å². The largest absolute Gasteiger partial charge is 0.372 e. The first kappa shape index (κ1) is 7.89. The first-order valence-corrected chi connectivity index (χ1v) is 3.26. The van der Waals surface area contributed by atoms with E-state index in [1.807, 2.05) is 11.9 Å². The lowest BCUT2D eigenvalue weighted by atomic mass is 10.4. The van der Waals surface area contributed by atoms with E-state index >= 15 is 0 Å². The minimum absolute atomic E-state index is 0.783. The maximum Gasteiger partial charge on any atom is 0.0601 e. The molecule has 0 aliphatic carbocycles. The topological polar surface area (TPSA) is 3.24 Å². The molecule has 0 aliphatic rings. The van der Waals surface area contributed by atoms with Gasteiger partial charge in [0, 0.05) is 7.05 Å². The number of thiol groups is 1. The molecule has 0 rings (SSSR count). The molecule has 0 heterocycles. The number of hydrogen-bond acceptors (Lipinski definition) is 2. The first-order valence-electron chi connectivity index (χ1n) is 2.63. The Hall–Kier alpha value is -0.110. The van der Waals surface area contributed by atoms with Crippen LogP contribution < -0.4 is 0 Å². The van der Waals surface area contributed by atoms with Gasteiger partial charge >= 0.3 is 0 Å². The zero-order chi connectivity index (χ0) is 6.57. The Bertz CT molecular complexity index is 84.5. The van der Waals surface area contributed by atoms with E-state index in [0.717, 1.165) is 5.88 Å². The van der Waals surface area contributed by atoms with Gasteiger partial charge in [-0.25, -0.2) is 0 Å². The summed E-state index contributed by atoms with van der Waals surface area (Å²) in [5.41, 5.74) is 1.31. The summed E-state index contributed by atoms with van der Waals surface area (Å²) < 4.78 is 0. The maximum absolute atomic E-state index is 4.07. The fourth-order valence-electron chi connectivity index (χ4n) is 0.482. The van der Waals surface area contributed by atoms with Gasteiger partial charge in [0.2, 0.25) is 0 Å². The van der Waals surface area contributed by atoms with Crippen LogP contribution in [0.2, 0.25) is 0 Å². The van der Waals surface area contributed by atoms with Crippen molar-refractivity contribution >= 4 is 12.6 Å². The van der Waals surface area contributed by atoms with Gasteiger partial charge < -0.3 is 4.90 Å². The van der Waals surface area contributed by atoms with Crippen LogP contribution in [-0.4, -0.2) is 17.8 Å². The molecule has 0 saturated carbocycles. The molecule has 0 spiro atoms. The second kappa shape index (κ2) is 3.84. The van der Waals surface area contributed by atoms with E-state index in [1.54, 1.807) is 0 Å². The van der Waals surface area contributed by atoms with Crippen LogP contribution in [0, 0.1) is 0 Å². The van der Waals surface area contributed by atoms with Gasteiger partial charge in [-0.1, -0.05) is 5.57 Å². The lowest BCUT2D eigenvalue weighted by Crippen LogP contribution is -2.07. The average molecular weight is 131 g/mol. The number of nitrogens with zero attached hydrogens (tertiary/aromatic N) is 1. The molecular formula is C6H13NS. The van der Waals surface area contributed by atoms with Gasteiger partial charge in [0.1, 0.15) is 0 Å².